The molecule has 1 aliphatic heterocycles. The number of rotatable bonds is 5. The third-order valence-electron chi connectivity index (χ3n) is 4.34. The van der Waals surface area contributed by atoms with Gasteiger partial charge in [-0.3, -0.25) is 4.79 Å². The number of likely N-dealkylation sites (N-methyl/N-ethyl adjacent to an activating group) is 1. The first-order chi connectivity index (χ1) is 11.1. The van der Waals surface area contributed by atoms with E-state index in [2.05, 4.69) is 27.7 Å². The number of hydrogen-bond acceptors (Lipinski definition) is 3. The van der Waals surface area contributed by atoms with E-state index in [4.69, 9.17) is 0 Å². The summed E-state index contributed by atoms with van der Waals surface area (Å²) in [4.78, 5) is 14.6. The van der Waals surface area contributed by atoms with E-state index in [0.29, 0.717) is 6.54 Å². The van der Waals surface area contributed by atoms with E-state index < -0.39 is 0 Å². The number of carbonyl (C=O) groups is 1. The summed E-state index contributed by atoms with van der Waals surface area (Å²) < 4.78 is 0. The van der Waals surface area contributed by atoms with Crippen molar-refractivity contribution in [2.24, 2.45) is 0 Å². The smallest absolute Gasteiger partial charge is 0.251 e. The largest absolute Gasteiger partial charge is 0.384 e. The molecule has 0 aromatic heterocycles. The molecule has 0 saturated carbocycles. The van der Waals surface area contributed by atoms with Gasteiger partial charge in [0.1, 0.15) is 0 Å². The molecule has 120 valence electrons. The Bertz CT molecular complexity index is 682. The maximum Gasteiger partial charge on any atom is 0.251 e. The molecule has 2 aromatic carbocycles. The van der Waals surface area contributed by atoms with Crippen molar-refractivity contribution in [2.45, 2.75) is 12.5 Å². The lowest BCUT2D eigenvalue weighted by atomic mass is 10.1. The quantitative estimate of drug-likeness (QED) is 0.892. The Labute approximate surface area is 137 Å². The molecule has 1 aliphatic rings. The van der Waals surface area contributed by atoms with E-state index in [9.17, 15) is 4.79 Å². The van der Waals surface area contributed by atoms with Crippen LogP contribution < -0.4 is 10.6 Å². The van der Waals surface area contributed by atoms with Crippen LogP contribution in [0.1, 0.15) is 27.5 Å². The molecule has 1 heterocycles. The summed E-state index contributed by atoms with van der Waals surface area (Å²) in [6, 6.07) is 16.3. The fourth-order valence-electron chi connectivity index (χ4n) is 3.01. The third-order valence-corrected chi connectivity index (χ3v) is 4.34. The Morgan fingerprint density at radius 3 is 2.74 bits per heavy atom. The van der Waals surface area contributed by atoms with Gasteiger partial charge in [0.05, 0.1) is 6.04 Å². The van der Waals surface area contributed by atoms with Crippen LogP contribution in [0.3, 0.4) is 0 Å². The molecule has 2 aromatic rings. The van der Waals surface area contributed by atoms with Crippen molar-refractivity contribution in [2.75, 3.05) is 32.5 Å². The van der Waals surface area contributed by atoms with Crippen LogP contribution in [0.15, 0.2) is 48.5 Å². The Balaban J connectivity index is 1.67. The van der Waals surface area contributed by atoms with Crippen LogP contribution in [0.4, 0.5) is 5.69 Å². The van der Waals surface area contributed by atoms with Gasteiger partial charge in [-0.05, 0) is 49.8 Å². The summed E-state index contributed by atoms with van der Waals surface area (Å²) in [5.74, 6) is -0.0116. The molecular weight excluding hydrogens is 286 g/mol. The number of hydrogen-bond donors (Lipinski definition) is 2. The minimum Gasteiger partial charge on any atom is -0.384 e. The van der Waals surface area contributed by atoms with E-state index in [1.165, 1.54) is 11.1 Å². The number of fused-ring (bicyclic) bond motifs is 1. The van der Waals surface area contributed by atoms with Gasteiger partial charge in [-0.2, -0.15) is 0 Å². The van der Waals surface area contributed by atoms with Crippen molar-refractivity contribution in [1.82, 2.24) is 10.2 Å². The molecular formula is C19H23N3O. The number of nitrogens with one attached hydrogen (secondary N) is 2. The molecule has 1 amide bonds. The molecule has 0 saturated heterocycles. The number of carbonyl (C=O) groups excluding carboxylic acids is 1. The highest BCUT2D eigenvalue weighted by atomic mass is 16.1. The second-order valence-corrected chi connectivity index (χ2v) is 6.15. The van der Waals surface area contributed by atoms with Gasteiger partial charge in [0.15, 0.2) is 0 Å². The van der Waals surface area contributed by atoms with Gasteiger partial charge in [-0.25, -0.2) is 0 Å². The predicted octanol–water partition coefficient (Wildman–Crippen LogP) is 2.69. The zero-order valence-electron chi connectivity index (χ0n) is 13.7. The van der Waals surface area contributed by atoms with Gasteiger partial charge in [0.25, 0.3) is 5.91 Å². The van der Waals surface area contributed by atoms with E-state index in [-0.39, 0.29) is 11.9 Å². The Morgan fingerprint density at radius 1 is 1.22 bits per heavy atom. The lowest BCUT2D eigenvalue weighted by molar-refractivity contribution is 0.0942. The molecule has 1 unspecified atom stereocenters. The average molecular weight is 309 g/mol. The van der Waals surface area contributed by atoms with Gasteiger partial charge in [-0.1, -0.05) is 30.3 Å². The summed E-state index contributed by atoms with van der Waals surface area (Å²) in [7, 11) is 4.07. The standard InChI is InChI=1S/C19H23N3O/c1-22(2)18(14-6-4-3-5-7-14)13-21-19(23)16-8-9-17-15(12-16)10-11-20-17/h3-9,12,18,20H,10-11,13H2,1-2H3,(H,21,23). The monoisotopic (exact) mass is 309 g/mol. The van der Waals surface area contributed by atoms with Crippen LogP contribution in [0.5, 0.6) is 0 Å². The van der Waals surface area contributed by atoms with Crippen LogP contribution >= 0.6 is 0 Å². The number of anilines is 1. The molecule has 0 fully saturated rings. The average Bonchev–Trinajstić information content (AvgIpc) is 3.03. The minimum atomic E-state index is -0.0116. The van der Waals surface area contributed by atoms with E-state index in [0.717, 1.165) is 24.2 Å². The minimum absolute atomic E-state index is 0.0116. The van der Waals surface area contributed by atoms with Gasteiger partial charge >= 0.3 is 0 Å². The molecule has 2 N–H and O–H groups in total. The fourth-order valence-corrected chi connectivity index (χ4v) is 3.01. The lowest BCUT2D eigenvalue weighted by Crippen LogP contribution is -2.34. The van der Waals surface area contributed by atoms with Gasteiger partial charge in [0.2, 0.25) is 0 Å². The molecule has 4 nitrogen and oxygen atoms in total. The zero-order valence-corrected chi connectivity index (χ0v) is 13.7. The van der Waals surface area contributed by atoms with Crippen LogP contribution in [0.2, 0.25) is 0 Å². The Kier molecular flexibility index (Phi) is 4.63. The lowest BCUT2D eigenvalue weighted by Gasteiger charge is -2.25. The van der Waals surface area contributed by atoms with E-state index in [1.54, 1.807) is 0 Å². The Morgan fingerprint density at radius 2 is 2.00 bits per heavy atom. The van der Waals surface area contributed by atoms with Gasteiger partial charge < -0.3 is 15.5 Å². The second kappa shape index (κ2) is 6.84. The first-order valence-corrected chi connectivity index (χ1v) is 8.01. The van der Waals surface area contributed by atoms with Crippen molar-refractivity contribution < 1.29 is 4.79 Å². The van der Waals surface area contributed by atoms with E-state index in [1.807, 2.05) is 50.5 Å². The summed E-state index contributed by atoms with van der Waals surface area (Å²) in [5, 5.41) is 6.38. The molecule has 0 aliphatic carbocycles. The van der Waals surface area contributed by atoms with Crippen molar-refractivity contribution in [3.05, 3.63) is 65.2 Å². The highest BCUT2D eigenvalue weighted by Gasteiger charge is 2.17. The fraction of sp³-hybridized carbons (Fsp3) is 0.316. The number of nitrogens with zero attached hydrogens (tertiary/aromatic N) is 1. The highest BCUT2D eigenvalue weighted by molar-refractivity contribution is 5.95. The summed E-state index contributed by atoms with van der Waals surface area (Å²) in [5.41, 5.74) is 4.32. The topological polar surface area (TPSA) is 44.4 Å². The molecule has 23 heavy (non-hydrogen) atoms. The molecule has 0 spiro atoms. The van der Waals surface area contributed by atoms with Gasteiger partial charge in [0, 0.05) is 24.3 Å². The maximum atomic E-state index is 12.5. The summed E-state index contributed by atoms with van der Waals surface area (Å²) in [6.07, 6.45) is 0.987. The molecule has 0 radical (unpaired) electrons. The third kappa shape index (κ3) is 3.54. The first-order valence-electron chi connectivity index (χ1n) is 8.01. The molecule has 0 bridgehead atoms. The maximum absolute atomic E-state index is 12.5. The highest BCUT2D eigenvalue weighted by Crippen LogP contribution is 2.23. The van der Waals surface area contributed by atoms with Crippen molar-refractivity contribution >= 4 is 11.6 Å². The molecule has 4 heteroatoms. The second-order valence-electron chi connectivity index (χ2n) is 6.15. The molecule has 3 rings (SSSR count). The number of benzene rings is 2. The van der Waals surface area contributed by atoms with Crippen LogP contribution in [-0.2, 0) is 6.42 Å². The SMILES string of the molecule is CN(C)C(CNC(=O)c1ccc2c(c1)CCN2)c1ccccc1. The van der Waals surface area contributed by atoms with Crippen molar-refractivity contribution in [3.63, 3.8) is 0 Å². The van der Waals surface area contributed by atoms with Crippen LogP contribution in [-0.4, -0.2) is 38.0 Å². The Hall–Kier alpha value is -2.33. The summed E-state index contributed by atoms with van der Waals surface area (Å²) in [6.45, 7) is 1.54. The van der Waals surface area contributed by atoms with Crippen LogP contribution in [0.25, 0.3) is 0 Å². The number of amides is 1. The van der Waals surface area contributed by atoms with E-state index >= 15 is 0 Å². The van der Waals surface area contributed by atoms with Crippen LogP contribution in [0, 0.1) is 0 Å². The summed E-state index contributed by atoms with van der Waals surface area (Å²) >= 11 is 0. The van der Waals surface area contributed by atoms with Gasteiger partial charge in [-0.15, -0.1) is 0 Å². The molecule has 1 atom stereocenters. The first kappa shape index (κ1) is 15.6. The predicted molar refractivity (Wildman–Crippen MR) is 93.8 cm³/mol. The normalized spacial score (nSPS) is 14.2. The van der Waals surface area contributed by atoms with Crippen molar-refractivity contribution in [1.29, 1.82) is 0 Å². The van der Waals surface area contributed by atoms with Crippen molar-refractivity contribution in [3.8, 4) is 0 Å². The zero-order chi connectivity index (χ0) is 16.2.